The maximum absolute atomic E-state index is 12.2. The van der Waals surface area contributed by atoms with E-state index in [0.717, 1.165) is 44.8 Å². The van der Waals surface area contributed by atoms with Crippen molar-refractivity contribution in [3.8, 4) is 0 Å². The standard InChI is InChI=1S/C15H24N4O/c1-2-13(11-16)15(20)19-9-7-18(8-10-19)12-14-5-3-4-6-17-14/h3-6,13H,2,7-12,16H2,1H3. The largest absolute Gasteiger partial charge is 0.340 e. The number of piperazine rings is 1. The summed E-state index contributed by atoms with van der Waals surface area (Å²) in [5.41, 5.74) is 6.74. The van der Waals surface area contributed by atoms with Gasteiger partial charge in [-0.15, -0.1) is 0 Å². The molecular formula is C15H24N4O. The number of aromatic nitrogens is 1. The molecule has 5 heteroatoms. The zero-order chi connectivity index (χ0) is 14.4. The Hall–Kier alpha value is -1.46. The van der Waals surface area contributed by atoms with Crippen molar-refractivity contribution in [2.24, 2.45) is 11.7 Å². The third-order valence-corrected chi connectivity index (χ3v) is 3.92. The van der Waals surface area contributed by atoms with E-state index in [1.807, 2.05) is 36.2 Å². The first-order valence-corrected chi connectivity index (χ1v) is 7.35. The van der Waals surface area contributed by atoms with Crippen LogP contribution >= 0.6 is 0 Å². The molecule has 0 aromatic carbocycles. The van der Waals surface area contributed by atoms with Crippen LogP contribution in [0.15, 0.2) is 24.4 Å². The lowest BCUT2D eigenvalue weighted by Gasteiger charge is -2.36. The first kappa shape index (κ1) is 14.9. The van der Waals surface area contributed by atoms with Crippen molar-refractivity contribution in [1.82, 2.24) is 14.8 Å². The number of carbonyl (C=O) groups excluding carboxylic acids is 1. The van der Waals surface area contributed by atoms with Crippen molar-refractivity contribution in [3.05, 3.63) is 30.1 Å². The van der Waals surface area contributed by atoms with E-state index in [2.05, 4.69) is 9.88 Å². The zero-order valence-electron chi connectivity index (χ0n) is 12.2. The van der Waals surface area contributed by atoms with Crippen LogP contribution in [0.2, 0.25) is 0 Å². The molecule has 2 heterocycles. The van der Waals surface area contributed by atoms with E-state index < -0.39 is 0 Å². The molecule has 110 valence electrons. The van der Waals surface area contributed by atoms with E-state index in [1.54, 1.807) is 0 Å². The van der Waals surface area contributed by atoms with Crippen molar-refractivity contribution < 1.29 is 4.79 Å². The van der Waals surface area contributed by atoms with Gasteiger partial charge in [0.2, 0.25) is 5.91 Å². The maximum Gasteiger partial charge on any atom is 0.227 e. The average Bonchev–Trinajstić information content (AvgIpc) is 2.50. The van der Waals surface area contributed by atoms with Gasteiger partial charge in [-0.05, 0) is 18.6 Å². The molecule has 0 radical (unpaired) electrons. The monoisotopic (exact) mass is 276 g/mol. The Morgan fingerprint density at radius 3 is 2.65 bits per heavy atom. The van der Waals surface area contributed by atoms with Gasteiger partial charge < -0.3 is 10.6 Å². The molecule has 0 saturated carbocycles. The molecule has 1 aliphatic heterocycles. The fourth-order valence-electron chi connectivity index (χ4n) is 2.55. The van der Waals surface area contributed by atoms with Crippen LogP contribution < -0.4 is 5.73 Å². The molecule has 1 aromatic heterocycles. The Morgan fingerprint density at radius 2 is 2.10 bits per heavy atom. The van der Waals surface area contributed by atoms with Gasteiger partial charge in [0.25, 0.3) is 0 Å². The van der Waals surface area contributed by atoms with Crippen molar-refractivity contribution >= 4 is 5.91 Å². The van der Waals surface area contributed by atoms with Crippen LogP contribution in [0.3, 0.4) is 0 Å². The molecule has 1 saturated heterocycles. The predicted octanol–water partition coefficient (Wildman–Crippen LogP) is 0.711. The SMILES string of the molecule is CCC(CN)C(=O)N1CCN(Cc2ccccn2)CC1. The molecule has 5 nitrogen and oxygen atoms in total. The molecule has 2 rings (SSSR count). The van der Waals surface area contributed by atoms with E-state index in [9.17, 15) is 4.79 Å². The van der Waals surface area contributed by atoms with Gasteiger partial charge >= 0.3 is 0 Å². The Bertz CT molecular complexity index is 411. The number of amides is 1. The highest BCUT2D eigenvalue weighted by Crippen LogP contribution is 2.11. The van der Waals surface area contributed by atoms with Gasteiger partial charge in [0, 0.05) is 45.5 Å². The third-order valence-electron chi connectivity index (χ3n) is 3.92. The molecule has 2 N–H and O–H groups in total. The fraction of sp³-hybridized carbons (Fsp3) is 0.600. The lowest BCUT2D eigenvalue weighted by Crippen LogP contribution is -2.50. The zero-order valence-corrected chi connectivity index (χ0v) is 12.2. The van der Waals surface area contributed by atoms with Crippen LogP contribution in [0.1, 0.15) is 19.0 Å². The second kappa shape index (κ2) is 7.36. The molecule has 0 spiro atoms. The van der Waals surface area contributed by atoms with Crippen LogP contribution in [0.25, 0.3) is 0 Å². The summed E-state index contributed by atoms with van der Waals surface area (Å²) in [5, 5.41) is 0. The van der Waals surface area contributed by atoms with Crippen molar-refractivity contribution in [2.45, 2.75) is 19.9 Å². The second-order valence-electron chi connectivity index (χ2n) is 5.26. The summed E-state index contributed by atoms with van der Waals surface area (Å²) in [5.74, 6) is 0.199. The molecule has 1 unspecified atom stereocenters. The van der Waals surface area contributed by atoms with E-state index >= 15 is 0 Å². The highest BCUT2D eigenvalue weighted by molar-refractivity contribution is 5.79. The van der Waals surface area contributed by atoms with E-state index in [0.29, 0.717) is 6.54 Å². The minimum atomic E-state index is -0.0164. The number of carbonyl (C=O) groups is 1. The Morgan fingerprint density at radius 1 is 1.35 bits per heavy atom. The number of hydrogen-bond donors (Lipinski definition) is 1. The molecule has 0 bridgehead atoms. The topological polar surface area (TPSA) is 62.5 Å². The fourth-order valence-corrected chi connectivity index (χ4v) is 2.55. The summed E-state index contributed by atoms with van der Waals surface area (Å²) in [6, 6.07) is 5.98. The molecule has 20 heavy (non-hydrogen) atoms. The molecular weight excluding hydrogens is 252 g/mol. The highest BCUT2D eigenvalue weighted by atomic mass is 16.2. The summed E-state index contributed by atoms with van der Waals surface area (Å²) in [7, 11) is 0. The number of nitrogens with two attached hydrogens (primary N) is 1. The number of nitrogens with zero attached hydrogens (tertiary/aromatic N) is 3. The van der Waals surface area contributed by atoms with Gasteiger partial charge in [-0.1, -0.05) is 13.0 Å². The van der Waals surface area contributed by atoms with Gasteiger partial charge in [-0.2, -0.15) is 0 Å². The Balaban J connectivity index is 1.82. The van der Waals surface area contributed by atoms with Gasteiger partial charge in [0.15, 0.2) is 0 Å². The number of pyridine rings is 1. The predicted molar refractivity (Wildman–Crippen MR) is 78.9 cm³/mol. The normalized spacial score (nSPS) is 18.0. The highest BCUT2D eigenvalue weighted by Gasteiger charge is 2.25. The van der Waals surface area contributed by atoms with Crippen LogP contribution in [0, 0.1) is 5.92 Å². The summed E-state index contributed by atoms with van der Waals surface area (Å²) in [6.07, 6.45) is 2.64. The smallest absolute Gasteiger partial charge is 0.227 e. The van der Waals surface area contributed by atoms with E-state index in [-0.39, 0.29) is 11.8 Å². The first-order chi connectivity index (χ1) is 9.74. The van der Waals surface area contributed by atoms with E-state index in [1.165, 1.54) is 0 Å². The van der Waals surface area contributed by atoms with Gasteiger partial charge in [-0.3, -0.25) is 14.7 Å². The number of hydrogen-bond acceptors (Lipinski definition) is 4. The van der Waals surface area contributed by atoms with Crippen molar-refractivity contribution in [1.29, 1.82) is 0 Å². The third kappa shape index (κ3) is 3.77. The summed E-state index contributed by atoms with van der Waals surface area (Å²) in [6.45, 7) is 6.73. The van der Waals surface area contributed by atoms with Crippen LogP contribution in [-0.4, -0.2) is 53.4 Å². The summed E-state index contributed by atoms with van der Waals surface area (Å²) in [4.78, 5) is 20.9. The molecule has 1 amide bonds. The van der Waals surface area contributed by atoms with Crippen LogP contribution in [-0.2, 0) is 11.3 Å². The maximum atomic E-state index is 12.2. The molecule has 1 atom stereocenters. The molecule has 1 aliphatic rings. The van der Waals surface area contributed by atoms with Gasteiger partial charge in [0.05, 0.1) is 11.6 Å². The van der Waals surface area contributed by atoms with Gasteiger partial charge in [0.1, 0.15) is 0 Å². The first-order valence-electron chi connectivity index (χ1n) is 7.35. The summed E-state index contributed by atoms with van der Waals surface area (Å²) < 4.78 is 0. The van der Waals surface area contributed by atoms with Gasteiger partial charge in [-0.25, -0.2) is 0 Å². The molecule has 1 fully saturated rings. The molecule has 0 aliphatic carbocycles. The van der Waals surface area contributed by atoms with Crippen LogP contribution in [0.5, 0.6) is 0 Å². The minimum absolute atomic E-state index is 0.0164. The Kier molecular flexibility index (Phi) is 5.49. The van der Waals surface area contributed by atoms with Crippen LogP contribution in [0.4, 0.5) is 0 Å². The molecule has 1 aromatic rings. The minimum Gasteiger partial charge on any atom is -0.340 e. The van der Waals surface area contributed by atoms with Crippen molar-refractivity contribution in [3.63, 3.8) is 0 Å². The lowest BCUT2D eigenvalue weighted by atomic mass is 10.0. The average molecular weight is 276 g/mol. The lowest BCUT2D eigenvalue weighted by molar-refractivity contribution is -0.137. The quantitative estimate of drug-likeness (QED) is 0.860. The Labute approximate surface area is 120 Å². The summed E-state index contributed by atoms with van der Waals surface area (Å²) >= 11 is 0. The second-order valence-corrected chi connectivity index (χ2v) is 5.26. The van der Waals surface area contributed by atoms with E-state index in [4.69, 9.17) is 5.73 Å². The number of rotatable bonds is 5. The van der Waals surface area contributed by atoms with Crippen molar-refractivity contribution in [2.75, 3.05) is 32.7 Å².